The third kappa shape index (κ3) is 5.54. The van der Waals surface area contributed by atoms with Crippen molar-refractivity contribution in [3.63, 3.8) is 0 Å². The molecule has 2 fully saturated rings. The Labute approximate surface area is 138 Å². The van der Waals surface area contributed by atoms with Gasteiger partial charge in [-0.2, -0.15) is 13.2 Å². The molecule has 1 aliphatic carbocycles. The SMILES string of the molecule is O=C(NCC1(O)CCCCC1)NC1CCCN(CC(F)(F)F)C1=O. The number of aliphatic hydroxyl groups is 1. The minimum Gasteiger partial charge on any atom is -0.388 e. The predicted molar refractivity (Wildman–Crippen MR) is 80.2 cm³/mol. The van der Waals surface area contributed by atoms with Gasteiger partial charge in [0, 0.05) is 13.1 Å². The molecule has 6 nitrogen and oxygen atoms in total. The second-order valence-electron chi connectivity index (χ2n) is 6.68. The quantitative estimate of drug-likeness (QED) is 0.719. The number of hydrogen-bond acceptors (Lipinski definition) is 3. The van der Waals surface area contributed by atoms with Gasteiger partial charge in [0.2, 0.25) is 5.91 Å². The third-order valence-electron chi connectivity index (χ3n) is 4.57. The van der Waals surface area contributed by atoms with Crippen LogP contribution >= 0.6 is 0 Å². The lowest BCUT2D eigenvalue weighted by molar-refractivity contribution is -0.164. The Morgan fingerprint density at radius 3 is 2.54 bits per heavy atom. The number of hydrogen-bond donors (Lipinski definition) is 3. The van der Waals surface area contributed by atoms with Gasteiger partial charge in [-0.1, -0.05) is 19.3 Å². The maximum atomic E-state index is 12.5. The zero-order valence-electron chi connectivity index (χ0n) is 13.5. The lowest BCUT2D eigenvalue weighted by Crippen LogP contribution is -2.57. The number of nitrogens with zero attached hydrogens (tertiary/aromatic N) is 1. The molecular weight excluding hydrogens is 327 g/mol. The number of carbonyl (C=O) groups excluding carboxylic acids is 2. The largest absolute Gasteiger partial charge is 0.406 e. The third-order valence-corrected chi connectivity index (χ3v) is 4.57. The zero-order valence-corrected chi connectivity index (χ0v) is 13.5. The van der Waals surface area contributed by atoms with E-state index in [4.69, 9.17) is 0 Å². The maximum Gasteiger partial charge on any atom is 0.406 e. The Hall–Kier alpha value is -1.51. The van der Waals surface area contributed by atoms with Crippen molar-refractivity contribution in [3.05, 3.63) is 0 Å². The molecule has 9 heteroatoms. The van der Waals surface area contributed by atoms with E-state index in [2.05, 4.69) is 10.6 Å². The van der Waals surface area contributed by atoms with Crippen molar-refractivity contribution in [3.8, 4) is 0 Å². The van der Waals surface area contributed by atoms with Crippen LogP contribution < -0.4 is 10.6 Å². The molecule has 1 unspecified atom stereocenters. The van der Waals surface area contributed by atoms with Gasteiger partial charge in [0.05, 0.1) is 5.60 Å². The smallest absolute Gasteiger partial charge is 0.388 e. The van der Waals surface area contributed by atoms with E-state index in [0.29, 0.717) is 25.7 Å². The first-order valence-corrected chi connectivity index (χ1v) is 8.31. The van der Waals surface area contributed by atoms with Crippen molar-refractivity contribution in [2.24, 2.45) is 0 Å². The molecule has 0 aromatic heterocycles. The second-order valence-corrected chi connectivity index (χ2v) is 6.68. The number of halogens is 3. The molecule has 24 heavy (non-hydrogen) atoms. The fourth-order valence-electron chi connectivity index (χ4n) is 3.29. The van der Waals surface area contributed by atoms with Gasteiger partial charge in [-0.05, 0) is 25.7 Å². The molecule has 0 radical (unpaired) electrons. The summed E-state index contributed by atoms with van der Waals surface area (Å²) in [5.74, 6) is -0.717. The van der Waals surface area contributed by atoms with E-state index in [0.717, 1.165) is 24.2 Å². The van der Waals surface area contributed by atoms with Gasteiger partial charge >= 0.3 is 12.2 Å². The fourth-order valence-corrected chi connectivity index (χ4v) is 3.29. The first-order chi connectivity index (χ1) is 11.2. The first kappa shape index (κ1) is 18.8. The van der Waals surface area contributed by atoms with Crippen molar-refractivity contribution in [1.82, 2.24) is 15.5 Å². The number of amides is 3. The second kappa shape index (κ2) is 7.58. The summed E-state index contributed by atoms with van der Waals surface area (Å²) < 4.78 is 37.4. The van der Waals surface area contributed by atoms with Gasteiger partial charge in [-0.25, -0.2) is 4.79 Å². The molecule has 0 spiro atoms. The van der Waals surface area contributed by atoms with Crippen LogP contribution in [0.1, 0.15) is 44.9 Å². The van der Waals surface area contributed by atoms with E-state index in [-0.39, 0.29) is 13.1 Å². The molecule has 1 saturated heterocycles. The number of likely N-dealkylation sites (tertiary alicyclic amines) is 1. The van der Waals surface area contributed by atoms with E-state index in [1.807, 2.05) is 0 Å². The highest BCUT2D eigenvalue weighted by Gasteiger charge is 2.38. The molecule has 1 aliphatic heterocycles. The summed E-state index contributed by atoms with van der Waals surface area (Å²) in [6, 6.07) is -1.59. The van der Waals surface area contributed by atoms with Crippen LogP contribution in [0.5, 0.6) is 0 Å². The number of piperidine rings is 1. The molecule has 3 amide bonds. The Morgan fingerprint density at radius 1 is 1.25 bits per heavy atom. The van der Waals surface area contributed by atoms with Crippen molar-refractivity contribution in [2.45, 2.75) is 62.8 Å². The van der Waals surface area contributed by atoms with Crippen LogP contribution in [-0.2, 0) is 4.79 Å². The van der Waals surface area contributed by atoms with Crippen molar-refractivity contribution in [1.29, 1.82) is 0 Å². The Balaban J connectivity index is 1.81. The number of carbonyl (C=O) groups is 2. The topological polar surface area (TPSA) is 81.7 Å². The minimum absolute atomic E-state index is 0.0396. The Morgan fingerprint density at radius 2 is 1.92 bits per heavy atom. The van der Waals surface area contributed by atoms with Crippen LogP contribution in [0.2, 0.25) is 0 Å². The van der Waals surface area contributed by atoms with Crippen molar-refractivity contribution >= 4 is 11.9 Å². The monoisotopic (exact) mass is 351 g/mol. The molecule has 1 saturated carbocycles. The lowest BCUT2D eigenvalue weighted by Gasteiger charge is -2.34. The molecule has 138 valence electrons. The molecule has 2 rings (SSSR count). The maximum absolute atomic E-state index is 12.5. The molecule has 0 bridgehead atoms. The summed E-state index contributed by atoms with van der Waals surface area (Å²) in [5, 5.41) is 15.3. The van der Waals surface area contributed by atoms with Crippen molar-refractivity contribution in [2.75, 3.05) is 19.6 Å². The Kier molecular flexibility index (Phi) is 5.95. The molecule has 1 heterocycles. The predicted octanol–water partition coefficient (Wildman–Crippen LogP) is 1.53. The summed E-state index contributed by atoms with van der Waals surface area (Å²) in [7, 11) is 0. The number of alkyl halides is 3. The highest BCUT2D eigenvalue weighted by atomic mass is 19.4. The standard InChI is InChI=1S/C15H24F3N3O3/c16-15(17,18)10-21-8-4-5-11(12(21)22)20-13(23)19-9-14(24)6-2-1-3-7-14/h11,24H,1-10H2,(H2,19,20,23). The van der Waals surface area contributed by atoms with Gasteiger partial charge in [-0.15, -0.1) is 0 Å². The molecule has 0 aromatic carbocycles. The average Bonchev–Trinajstić information content (AvgIpc) is 2.49. The zero-order chi connectivity index (χ0) is 17.8. The van der Waals surface area contributed by atoms with E-state index in [1.165, 1.54) is 0 Å². The number of nitrogens with one attached hydrogen (secondary N) is 2. The molecule has 2 aliphatic rings. The number of rotatable bonds is 4. The molecule has 3 N–H and O–H groups in total. The average molecular weight is 351 g/mol. The van der Waals surface area contributed by atoms with Crippen LogP contribution in [-0.4, -0.2) is 59.4 Å². The lowest BCUT2D eigenvalue weighted by atomic mass is 9.85. The molecule has 0 aromatic rings. The van der Waals surface area contributed by atoms with Gasteiger partial charge in [0.15, 0.2) is 0 Å². The number of urea groups is 1. The van der Waals surface area contributed by atoms with Crippen LogP contribution in [0, 0.1) is 0 Å². The van der Waals surface area contributed by atoms with E-state index in [1.54, 1.807) is 0 Å². The van der Waals surface area contributed by atoms with Gasteiger partial charge in [-0.3, -0.25) is 4.79 Å². The molecular formula is C15H24F3N3O3. The van der Waals surface area contributed by atoms with Crippen LogP contribution in [0.25, 0.3) is 0 Å². The van der Waals surface area contributed by atoms with Gasteiger partial charge in [0.25, 0.3) is 0 Å². The summed E-state index contributed by atoms with van der Waals surface area (Å²) >= 11 is 0. The van der Waals surface area contributed by atoms with Crippen LogP contribution in [0.3, 0.4) is 0 Å². The van der Waals surface area contributed by atoms with Gasteiger partial charge < -0.3 is 20.6 Å². The first-order valence-electron chi connectivity index (χ1n) is 8.31. The molecule has 1 atom stereocenters. The normalized spacial score (nSPS) is 24.6. The summed E-state index contributed by atoms with van der Waals surface area (Å²) in [6.45, 7) is -1.19. The fraction of sp³-hybridized carbons (Fsp3) is 0.867. The highest BCUT2D eigenvalue weighted by Crippen LogP contribution is 2.27. The van der Waals surface area contributed by atoms with Gasteiger partial charge in [0.1, 0.15) is 12.6 Å². The summed E-state index contributed by atoms with van der Waals surface area (Å²) in [5.41, 5.74) is -0.936. The van der Waals surface area contributed by atoms with Crippen LogP contribution in [0.4, 0.5) is 18.0 Å². The van der Waals surface area contributed by atoms with E-state index in [9.17, 15) is 27.9 Å². The van der Waals surface area contributed by atoms with Crippen LogP contribution in [0.15, 0.2) is 0 Å². The summed E-state index contributed by atoms with van der Waals surface area (Å²) in [4.78, 5) is 24.7. The van der Waals surface area contributed by atoms with E-state index < -0.39 is 36.3 Å². The van der Waals surface area contributed by atoms with Crippen molar-refractivity contribution < 1.29 is 27.9 Å². The Bertz CT molecular complexity index is 465. The van der Waals surface area contributed by atoms with E-state index >= 15 is 0 Å². The highest BCUT2D eigenvalue weighted by molar-refractivity contribution is 5.87. The minimum atomic E-state index is -4.45. The summed E-state index contributed by atoms with van der Waals surface area (Å²) in [6.07, 6.45) is 0.316.